The first-order valence-electron chi connectivity index (χ1n) is 3.05. The molecule has 0 aliphatic carbocycles. The third-order valence-corrected chi connectivity index (χ3v) is 0.919. The van der Waals surface area contributed by atoms with E-state index < -0.39 is 12.4 Å². The zero-order chi connectivity index (χ0) is 8.04. The van der Waals surface area contributed by atoms with Crippen molar-refractivity contribution >= 4 is 6.29 Å². The van der Waals surface area contributed by atoms with Crippen LogP contribution < -0.4 is 0 Å². The minimum atomic E-state index is -2.12. The van der Waals surface area contributed by atoms with E-state index >= 15 is 0 Å². The van der Waals surface area contributed by atoms with Gasteiger partial charge in [0.2, 0.25) is 0 Å². The standard InChI is InChI=1S/C6H11O4/c1-2-3-10-6(9,4-7)5-8/h7,9H,2-4H2,1H3. The van der Waals surface area contributed by atoms with Crippen LogP contribution in [0.15, 0.2) is 0 Å². The maximum Gasteiger partial charge on any atom is 0.265 e. The van der Waals surface area contributed by atoms with Gasteiger partial charge in [0.25, 0.3) is 12.1 Å². The van der Waals surface area contributed by atoms with Gasteiger partial charge in [0, 0.05) is 0 Å². The molecule has 0 rings (SSSR count). The molecule has 0 fully saturated rings. The summed E-state index contributed by atoms with van der Waals surface area (Å²) in [6, 6.07) is 0. The molecule has 0 aliphatic rings. The second-order valence-corrected chi connectivity index (χ2v) is 1.89. The van der Waals surface area contributed by atoms with Crippen LogP contribution in [0.5, 0.6) is 0 Å². The molecule has 0 aromatic heterocycles. The summed E-state index contributed by atoms with van der Waals surface area (Å²) in [4.78, 5) is 9.90. The van der Waals surface area contributed by atoms with Crippen molar-refractivity contribution in [3.8, 4) is 0 Å². The van der Waals surface area contributed by atoms with E-state index in [1.54, 1.807) is 0 Å². The van der Waals surface area contributed by atoms with Crippen LogP contribution >= 0.6 is 0 Å². The smallest absolute Gasteiger partial charge is 0.265 e. The number of ether oxygens (including phenoxy) is 1. The minimum absolute atomic E-state index is 0.228. The second-order valence-electron chi connectivity index (χ2n) is 1.89. The highest BCUT2D eigenvalue weighted by Gasteiger charge is 2.26. The number of carbonyl (C=O) groups excluding carboxylic acids is 1. The highest BCUT2D eigenvalue weighted by atomic mass is 16.6. The van der Waals surface area contributed by atoms with Crippen LogP contribution in [0.2, 0.25) is 0 Å². The summed E-state index contributed by atoms with van der Waals surface area (Å²) >= 11 is 0. The molecule has 1 unspecified atom stereocenters. The number of aliphatic hydroxyl groups excluding tert-OH is 1. The van der Waals surface area contributed by atoms with Crippen molar-refractivity contribution in [2.75, 3.05) is 13.2 Å². The molecule has 0 saturated carbocycles. The molecule has 10 heavy (non-hydrogen) atoms. The van der Waals surface area contributed by atoms with Gasteiger partial charge in [-0.05, 0) is 6.42 Å². The van der Waals surface area contributed by atoms with Gasteiger partial charge >= 0.3 is 0 Å². The molecule has 0 saturated heterocycles. The Hall–Kier alpha value is -0.450. The van der Waals surface area contributed by atoms with Crippen molar-refractivity contribution in [3.63, 3.8) is 0 Å². The number of aliphatic hydroxyl groups is 2. The summed E-state index contributed by atoms with van der Waals surface area (Å²) in [5, 5.41) is 17.2. The third-order valence-electron chi connectivity index (χ3n) is 0.919. The molecular formula is C6H11O4. The number of hydrogen-bond donors (Lipinski definition) is 2. The maximum atomic E-state index is 9.90. The number of rotatable bonds is 5. The van der Waals surface area contributed by atoms with Gasteiger partial charge in [0.15, 0.2) is 0 Å². The van der Waals surface area contributed by atoms with Gasteiger partial charge in [-0.2, -0.15) is 0 Å². The van der Waals surface area contributed by atoms with E-state index in [0.717, 1.165) is 0 Å². The summed E-state index contributed by atoms with van der Waals surface area (Å²) < 4.78 is 4.56. The van der Waals surface area contributed by atoms with E-state index in [0.29, 0.717) is 6.42 Å². The summed E-state index contributed by atoms with van der Waals surface area (Å²) in [5.74, 6) is -2.12. The molecular weight excluding hydrogens is 136 g/mol. The van der Waals surface area contributed by atoms with Crippen LogP contribution in [0.25, 0.3) is 0 Å². The Labute approximate surface area is 59.4 Å². The maximum absolute atomic E-state index is 9.90. The lowest BCUT2D eigenvalue weighted by molar-refractivity contribution is -0.173. The molecule has 0 bridgehead atoms. The Balaban J connectivity index is 3.68. The minimum Gasteiger partial charge on any atom is -0.390 e. The Kier molecular flexibility index (Phi) is 4.18. The molecule has 0 spiro atoms. The van der Waals surface area contributed by atoms with E-state index in [4.69, 9.17) is 10.2 Å². The van der Waals surface area contributed by atoms with Gasteiger partial charge in [-0.1, -0.05) is 6.92 Å². The van der Waals surface area contributed by atoms with Crippen LogP contribution in [-0.2, 0) is 9.53 Å². The summed E-state index contributed by atoms with van der Waals surface area (Å²) in [7, 11) is 0. The second kappa shape index (κ2) is 4.38. The monoisotopic (exact) mass is 147 g/mol. The Morgan fingerprint density at radius 3 is 2.60 bits per heavy atom. The molecule has 0 heterocycles. The molecule has 4 nitrogen and oxygen atoms in total. The van der Waals surface area contributed by atoms with Crippen LogP contribution in [0, 0.1) is 0 Å². The summed E-state index contributed by atoms with van der Waals surface area (Å²) in [5.41, 5.74) is 0. The average Bonchev–Trinajstić information content (AvgIpc) is 2.00. The predicted molar refractivity (Wildman–Crippen MR) is 34.0 cm³/mol. The van der Waals surface area contributed by atoms with E-state index in [1.165, 1.54) is 6.29 Å². The molecule has 1 atom stereocenters. The van der Waals surface area contributed by atoms with Crippen molar-refractivity contribution < 1.29 is 19.7 Å². The van der Waals surface area contributed by atoms with Crippen molar-refractivity contribution in [2.45, 2.75) is 19.1 Å². The third kappa shape index (κ3) is 2.91. The van der Waals surface area contributed by atoms with Gasteiger partial charge in [-0.3, -0.25) is 4.79 Å². The van der Waals surface area contributed by atoms with Crippen LogP contribution in [0.1, 0.15) is 13.3 Å². The Bertz CT molecular complexity index is 104. The van der Waals surface area contributed by atoms with Crippen LogP contribution in [0.3, 0.4) is 0 Å². The van der Waals surface area contributed by atoms with Crippen molar-refractivity contribution in [1.29, 1.82) is 0 Å². The van der Waals surface area contributed by atoms with E-state index in [2.05, 4.69) is 4.74 Å². The first-order valence-corrected chi connectivity index (χ1v) is 3.05. The number of hydrogen-bond acceptors (Lipinski definition) is 4. The highest BCUT2D eigenvalue weighted by molar-refractivity contribution is 5.60. The highest BCUT2D eigenvalue weighted by Crippen LogP contribution is 2.01. The molecule has 0 amide bonds. The van der Waals surface area contributed by atoms with Crippen molar-refractivity contribution in [1.82, 2.24) is 0 Å². The average molecular weight is 147 g/mol. The fourth-order valence-corrected chi connectivity index (χ4v) is 0.378. The zero-order valence-corrected chi connectivity index (χ0v) is 5.83. The molecule has 4 heteroatoms. The van der Waals surface area contributed by atoms with E-state index in [-0.39, 0.29) is 6.61 Å². The van der Waals surface area contributed by atoms with E-state index in [1.807, 2.05) is 6.92 Å². The zero-order valence-electron chi connectivity index (χ0n) is 5.83. The normalized spacial score (nSPS) is 16.3. The lowest BCUT2D eigenvalue weighted by atomic mass is 10.3. The van der Waals surface area contributed by atoms with Gasteiger partial charge in [0.05, 0.1) is 6.61 Å². The fourth-order valence-electron chi connectivity index (χ4n) is 0.378. The molecule has 2 N–H and O–H groups in total. The molecule has 0 aromatic rings. The summed E-state index contributed by atoms with van der Waals surface area (Å²) in [6.07, 6.45) is 1.87. The first kappa shape index (κ1) is 9.55. The lowest BCUT2D eigenvalue weighted by Crippen LogP contribution is -2.38. The molecule has 0 aromatic carbocycles. The Morgan fingerprint density at radius 2 is 2.30 bits per heavy atom. The van der Waals surface area contributed by atoms with Gasteiger partial charge in [0.1, 0.15) is 6.61 Å². The predicted octanol–water partition coefficient (Wildman–Crippen LogP) is -0.796. The SMILES string of the molecule is CCCOC(O)([C]=O)CO. The topological polar surface area (TPSA) is 66.8 Å². The van der Waals surface area contributed by atoms with Crippen LogP contribution in [-0.4, -0.2) is 35.5 Å². The fraction of sp³-hybridized carbons (Fsp3) is 0.833. The van der Waals surface area contributed by atoms with Gasteiger partial charge in [-0.25, -0.2) is 0 Å². The Morgan fingerprint density at radius 1 is 1.70 bits per heavy atom. The van der Waals surface area contributed by atoms with E-state index in [9.17, 15) is 4.79 Å². The van der Waals surface area contributed by atoms with Gasteiger partial charge < -0.3 is 14.9 Å². The molecule has 0 aliphatic heterocycles. The molecule has 59 valence electrons. The first-order chi connectivity index (χ1) is 4.68. The lowest BCUT2D eigenvalue weighted by Gasteiger charge is -2.17. The quantitative estimate of drug-likeness (QED) is 0.500. The van der Waals surface area contributed by atoms with Crippen molar-refractivity contribution in [3.05, 3.63) is 0 Å². The summed E-state index contributed by atoms with van der Waals surface area (Å²) in [6.45, 7) is 1.30. The van der Waals surface area contributed by atoms with Gasteiger partial charge in [-0.15, -0.1) is 0 Å². The van der Waals surface area contributed by atoms with Crippen LogP contribution in [0.4, 0.5) is 0 Å². The largest absolute Gasteiger partial charge is 0.390 e. The molecule has 1 radical (unpaired) electrons. The van der Waals surface area contributed by atoms with Crippen molar-refractivity contribution in [2.24, 2.45) is 0 Å².